The van der Waals surface area contributed by atoms with Crippen molar-refractivity contribution in [2.45, 2.75) is 32.9 Å². The number of piperazine rings is 1. The molecule has 4 rings (SSSR count). The summed E-state index contributed by atoms with van der Waals surface area (Å²) in [6.45, 7) is 10.0. The van der Waals surface area contributed by atoms with E-state index in [-0.39, 0.29) is 0 Å². The second-order valence-corrected chi connectivity index (χ2v) is 9.39. The van der Waals surface area contributed by atoms with Crippen LogP contribution in [0.15, 0.2) is 47.3 Å². The molecule has 0 atom stereocenters. The van der Waals surface area contributed by atoms with E-state index in [1.165, 1.54) is 4.57 Å². The average Bonchev–Trinajstić information content (AvgIpc) is 3.07. The minimum absolute atomic E-state index is 0.399. The molecule has 1 fully saturated rings. The van der Waals surface area contributed by atoms with Crippen molar-refractivity contribution in [1.29, 1.82) is 0 Å². The first-order valence-electron chi connectivity index (χ1n) is 10.1. The standard InChI is InChI=1S/C22H26BrN5O2/c1-22(2,3)30-21(29)28-15-16(18-5-4-8-24-20(18)28)14-26-9-11-27(12-10-26)19-7-6-17(23)13-25-19/h4-8,13,15H,9-12,14H2,1-3H3. The number of halogens is 1. The Morgan fingerprint density at radius 2 is 1.90 bits per heavy atom. The summed E-state index contributed by atoms with van der Waals surface area (Å²) in [5, 5.41) is 0.986. The third kappa shape index (κ3) is 4.65. The minimum atomic E-state index is -0.556. The number of hydrogen-bond acceptors (Lipinski definition) is 6. The molecule has 1 saturated heterocycles. The highest BCUT2D eigenvalue weighted by atomic mass is 79.9. The summed E-state index contributed by atoms with van der Waals surface area (Å²) < 4.78 is 8.07. The van der Waals surface area contributed by atoms with Crippen LogP contribution in [0.4, 0.5) is 10.6 Å². The number of aromatic nitrogens is 3. The number of fused-ring (bicyclic) bond motifs is 1. The van der Waals surface area contributed by atoms with Gasteiger partial charge in [0.2, 0.25) is 0 Å². The van der Waals surface area contributed by atoms with Crippen molar-refractivity contribution in [3.8, 4) is 0 Å². The summed E-state index contributed by atoms with van der Waals surface area (Å²) in [6.07, 6.45) is 5.01. The molecule has 0 aliphatic carbocycles. The molecule has 3 aromatic rings. The number of ether oxygens (including phenoxy) is 1. The predicted molar refractivity (Wildman–Crippen MR) is 121 cm³/mol. The van der Waals surface area contributed by atoms with Crippen molar-refractivity contribution in [3.05, 3.63) is 52.9 Å². The maximum atomic E-state index is 12.7. The molecule has 0 saturated carbocycles. The van der Waals surface area contributed by atoms with E-state index in [1.807, 2.05) is 57.4 Å². The van der Waals surface area contributed by atoms with Crippen LogP contribution in [0.2, 0.25) is 0 Å². The molecule has 0 radical (unpaired) electrons. The maximum absolute atomic E-state index is 12.7. The van der Waals surface area contributed by atoms with Gasteiger partial charge in [0.05, 0.1) is 0 Å². The van der Waals surface area contributed by atoms with Crippen LogP contribution in [0, 0.1) is 0 Å². The van der Waals surface area contributed by atoms with Crippen LogP contribution in [-0.2, 0) is 11.3 Å². The molecule has 30 heavy (non-hydrogen) atoms. The molecule has 0 unspecified atom stereocenters. The van der Waals surface area contributed by atoms with E-state index >= 15 is 0 Å². The maximum Gasteiger partial charge on any atom is 0.420 e. The van der Waals surface area contributed by atoms with E-state index in [9.17, 15) is 4.79 Å². The number of pyridine rings is 2. The Labute approximate surface area is 184 Å². The average molecular weight is 472 g/mol. The smallest absolute Gasteiger partial charge is 0.420 e. The lowest BCUT2D eigenvalue weighted by atomic mass is 10.2. The van der Waals surface area contributed by atoms with Crippen LogP contribution in [0.5, 0.6) is 0 Å². The number of carbonyl (C=O) groups excluding carboxylic acids is 1. The van der Waals surface area contributed by atoms with Crippen LogP contribution >= 0.6 is 15.9 Å². The SMILES string of the molecule is CC(C)(C)OC(=O)n1cc(CN2CCN(c3ccc(Br)cn3)CC2)c2cccnc21. The van der Waals surface area contributed by atoms with Crippen molar-refractivity contribution < 1.29 is 9.53 Å². The normalized spacial score (nSPS) is 15.5. The van der Waals surface area contributed by atoms with Gasteiger partial charge in [-0.2, -0.15) is 0 Å². The van der Waals surface area contributed by atoms with E-state index in [1.54, 1.807) is 6.20 Å². The molecule has 0 bridgehead atoms. The number of carbonyl (C=O) groups is 1. The second-order valence-electron chi connectivity index (χ2n) is 8.48. The Morgan fingerprint density at radius 1 is 1.13 bits per heavy atom. The molecule has 158 valence electrons. The largest absolute Gasteiger partial charge is 0.443 e. The van der Waals surface area contributed by atoms with Gasteiger partial charge in [-0.05, 0) is 66.5 Å². The number of hydrogen-bond donors (Lipinski definition) is 0. The summed E-state index contributed by atoms with van der Waals surface area (Å²) in [5.74, 6) is 1.00. The van der Waals surface area contributed by atoms with Crippen LogP contribution < -0.4 is 4.90 Å². The van der Waals surface area contributed by atoms with E-state index in [0.717, 1.165) is 54.0 Å². The molecule has 4 heterocycles. The van der Waals surface area contributed by atoms with Gasteiger partial charge in [-0.3, -0.25) is 4.90 Å². The molecule has 3 aromatic heterocycles. The molecule has 0 spiro atoms. The zero-order valence-electron chi connectivity index (χ0n) is 17.5. The fourth-order valence-electron chi connectivity index (χ4n) is 3.63. The lowest BCUT2D eigenvalue weighted by Crippen LogP contribution is -2.46. The highest BCUT2D eigenvalue weighted by molar-refractivity contribution is 9.10. The van der Waals surface area contributed by atoms with Crippen LogP contribution in [-0.4, -0.2) is 57.3 Å². The van der Waals surface area contributed by atoms with Gasteiger partial charge in [0.1, 0.15) is 17.1 Å². The first kappa shape index (κ1) is 20.8. The van der Waals surface area contributed by atoms with Gasteiger partial charge in [-0.15, -0.1) is 0 Å². The summed E-state index contributed by atoms with van der Waals surface area (Å²) in [4.78, 5) is 26.3. The number of rotatable bonds is 3. The Hall–Kier alpha value is -2.45. The third-order valence-corrected chi connectivity index (χ3v) is 5.51. The summed E-state index contributed by atoms with van der Waals surface area (Å²) in [6, 6.07) is 7.98. The van der Waals surface area contributed by atoms with E-state index in [4.69, 9.17) is 4.74 Å². The highest BCUT2D eigenvalue weighted by Crippen LogP contribution is 2.24. The fraction of sp³-hybridized carbons (Fsp3) is 0.409. The van der Waals surface area contributed by atoms with E-state index in [0.29, 0.717) is 5.65 Å². The molecule has 1 aliphatic heterocycles. The molecule has 8 heteroatoms. The van der Waals surface area contributed by atoms with Gasteiger partial charge in [0.25, 0.3) is 0 Å². The Morgan fingerprint density at radius 3 is 2.57 bits per heavy atom. The van der Waals surface area contributed by atoms with Crippen molar-refractivity contribution in [2.24, 2.45) is 0 Å². The monoisotopic (exact) mass is 471 g/mol. The Bertz CT molecular complexity index is 1030. The zero-order valence-corrected chi connectivity index (χ0v) is 19.1. The molecular weight excluding hydrogens is 446 g/mol. The van der Waals surface area contributed by atoms with E-state index in [2.05, 4.69) is 35.7 Å². The van der Waals surface area contributed by atoms with Gasteiger partial charge in [-0.25, -0.2) is 19.3 Å². The summed E-state index contributed by atoms with van der Waals surface area (Å²) >= 11 is 3.43. The second kappa shape index (κ2) is 8.35. The molecule has 0 amide bonds. The lowest BCUT2D eigenvalue weighted by Gasteiger charge is -2.35. The number of nitrogens with zero attached hydrogens (tertiary/aromatic N) is 5. The van der Waals surface area contributed by atoms with Crippen molar-refractivity contribution in [1.82, 2.24) is 19.4 Å². The van der Waals surface area contributed by atoms with Gasteiger partial charge >= 0.3 is 6.09 Å². The first-order valence-corrected chi connectivity index (χ1v) is 10.9. The predicted octanol–water partition coefficient (Wildman–Crippen LogP) is 4.30. The minimum Gasteiger partial charge on any atom is -0.443 e. The van der Waals surface area contributed by atoms with Gasteiger partial charge in [-0.1, -0.05) is 0 Å². The molecule has 1 aliphatic rings. The Kier molecular flexibility index (Phi) is 5.79. The molecule has 0 N–H and O–H groups in total. The van der Waals surface area contributed by atoms with E-state index < -0.39 is 11.7 Å². The quantitative estimate of drug-likeness (QED) is 0.567. The van der Waals surface area contributed by atoms with Gasteiger partial charge in [0.15, 0.2) is 0 Å². The van der Waals surface area contributed by atoms with Crippen LogP contribution in [0.1, 0.15) is 26.3 Å². The van der Waals surface area contributed by atoms with Crippen molar-refractivity contribution in [2.75, 3.05) is 31.1 Å². The molecule has 7 nitrogen and oxygen atoms in total. The first-order chi connectivity index (χ1) is 14.3. The fourth-order valence-corrected chi connectivity index (χ4v) is 3.87. The zero-order chi connectivity index (χ0) is 21.3. The van der Waals surface area contributed by atoms with Crippen molar-refractivity contribution in [3.63, 3.8) is 0 Å². The third-order valence-electron chi connectivity index (χ3n) is 5.04. The topological polar surface area (TPSA) is 63.5 Å². The van der Waals surface area contributed by atoms with Gasteiger partial charge < -0.3 is 9.64 Å². The van der Waals surface area contributed by atoms with Crippen molar-refractivity contribution >= 4 is 38.9 Å². The molecular formula is C22H26BrN5O2. The highest BCUT2D eigenvalue weighted by Gasteiger charge is 2.23. The number of anilines is 1. The Balaban J connectivity index is 1.48. The van der Waals surface area contributed by atoms with Crippen LogP contribution in [0.3, 0.4) is 0 Å². The van der Waals surface area contributed by atoms with Gasteiger partial charge in [0, 0.05) is 61.2 Å². The lowest BCUT2D eigenvalue weighted by molar-refractivity contribution is 0.0543. The summed E-state index contributed by atoms with van der Waals surface area (Å²) in [7, 11) is 0. The summed E-state index contributed by atoms with van der Waals surface area (Å²) in [5.41, 5.74) is 1.17. The van der Waals surface area contributed by atoms with Crippen LogP contribution in [0.25, 0.3) is 11.0 Å². The molecule has 0 aromatic carbocycles.